The van der Waals surface area contributed by atoms with Crippen LogP contribution in [0.5, 0.6) is 0 Å². The Bertz CT molecular complexity index is 1240. The number of anilines is 3. The van der Waals surface area contributed by atoms with Crippen molar-refractivity contribution in [1.82, 2.24) is 19.7 Å². The summed E-state index contributed by atoms with van der Waals surface area (Å²) >= 11 is 0. The molecule has 0 radical (unpaired) electrons. The molecule has 8 heteroatoms. The monoisotopic (exact) mass is 402 g/mol. The average molecular weight is 402 g/mol. The van der Waals surface area contributed by atoms with Crippen molar-refractivity contribution < 1.29 is 4.74 Å². The number of fused-ring (bicyclic) bond motifs is 1. The highest BCUT2D eigenvalue weighted by atomic mass is 16.5. The van der Waals surface area contributed by atoms with Crippen molar-refractivity contribution in [1.29, 1.82) is 0 Å². The average Bonchev–Trinajstić information content (AvgIpc) is 3.21. The third-order valence-electron chi connectivity index (χ3n) is 5.24. The summed E-state index contributed by atoms with van der Waals surface area (Å²) in [4.78, 5) is 22.3. The molecule has 1 fully saturated rings. The molecule has 152 valence electrons. The molecule has 0 unspecified atom stereocenters. The highest BCUT2D eigenvalue weighted by Gasteiger charge is 2.14. The molecular weight excluding hydrogens is 380 g/mol. The molecule has 2 N–H and O–H groups in total. The minimum absolute atomic E-state index is 0.181. The van der Waals surface area contributed by atoms with Gasteiger partial charge in [-0.25, -0.2) is 4.98 Å². The smallest absolute Gasteiger partial charge is 0.259 e. The minimum atomic E-state index is -0.181. The topological polar surface area (TPSA) is 88.1 Å². The lowest BCUT2D eigenvalue weighted by molar-refractivity contribution is 0.122. The number of rotatable bonds is 4. The van der Waals surface area contributed by atoms with Crippen molar-refractivity contribution in [3.8, 4) is 11.4 Å². The first-order chi connectivity index (χ1) is 14.7. The zero-order valence-electron chi connectivity index (χ0n) is 16.6. The van der Waals surface area contributed by atoms with Gasteiger partial charge in [0, 0.05) is 43.9 Å². The van der Waals surface area contributed by atoms with Crippen LogP contribution in [0.2, 0.25) is 0 Å². The molecule has 1 aliphatic heterocycles. The normalized spacial score (nSPS) is 14.2. The van der Waals surface area contributed by atoms with E-state index in [0.29, 0.717) is 16.9 Å². The summed E-state index contributed by atoms with van der Waals surface area (Å²) in [6.45, 7) is 3.28. The molecule has 0 aliphatic carbocycles. The first-order valence-corrected chi connectivity index (χ1v) is 9.90. The van der Waals surface area contributed by atoms with Crippen LogP contribution in [0.3, 0.4) is 0 Å². The van der Waals surface area contributed by atoms with Gasteiger partial charge in [-0.15, -0.1) is 0 Å². The van der Waals surface area contributed by atoms with Crippen molar-refractivity contribution in [2.45, 2.75) is 0 Å². The molecule has 1 aromatic carbocycles. The van der Waals surface area contributed by atoms with Crippen molar-refractivity contribution in [3.63, 3.8) is 0 Å². The van der Waals surface area contributed by atoms with Crippen LogP contribution in [-0.4, -0.2) is 46.1 Å². The van der Waals surface area contributed by atoms with Crippen LogP contribution in [0, 0.1) is 0 Å². The Morgan fingerprint density at radius 2 is 1.87 bits per heavy atom. The molecule has 30 heavy (non-hydrogen) atoms. The van der Waals surface area contributed by atoms with E-state index in [2.05, 4.69) is 32.4 Å². The fourth-order valence-corrected chi connectivity index (χ4v) is 3.70. The molecule has 4 heterocycles. The molecule has 4 aromatic rings. The first kappa shape index (κ1) is 18.4. The van der Waals surface area contributed by atoms with E-state index in [0.717, 1.165) is 48.8 Å². The molecule has 3 aromatic heterocycles. The Balaban J connectivity index is 1.52. The summed E-state index contributed by atoms with van der Waals surface area (Å²) in [5, 5.41) is 9.10. The summed E-state index contributed by atoms with van der Waals surface area (Å²) in [5.74, 6) is 0.508. The van der Waals surface area contributed by atoms with Gasteiger partial charge in [-0.3, -0.25) is 9.48 Å². The summed E-state index contributed by atoms with van der Waals surface area (Å²) in [7, 11) is 1.87. The van der Waals surface area contributed by atoms with E-state index < -0.39 is 0 Å². The third kappa shape index (κ3) is 3.53. The summed E-state index contributed by atoms with van der Waals surface area (Å²) in [6.07, 6.45) is 3.52. The molecule has 0 bridgehead atoms. The SMILES string of the molecule is Cn1ccc(-c2cc3cc[nH]c(=O)c3c(Nc3ccc(N4CCOCC4)cc3)n2)n1. The largest absolute Gasteiger partial charge is 0.378 e. The van der Waals surface area contributed by atoms with Gasteiger partial charge in [0.1, 0.15) is 11.5 Å². The maximum Gasteiger partial charge on any atom is 0.259 e. The predicted octanol–water partition coefficient (Wildman–Crippen LogP) is 2.90. The maximum atomic E-state index is 12.5. The van der Waals surface area contributed by atoms with Crippen molar-refractivity contribution in [2.75, 3.05) is 36.5 Å². The Labute approximate surface area is 173 Å². The van der Waals surface area contributed by atoms with E-state index in [1.54, 1.807) is 10.9 Å². The Hall–Kier alpha value is -3.65. The van der Waals surface area contributed by atoms with Crippen molar-refractivity contribution in [2.24, 2.45) is 7.05 Å². The van der Waals surface area contributed by atoms with Gasteiger partial charge < -0.3 is 19.9 Å². The second kappa shape index (κ2) is 7.64. The van der Waals surface area contributed by atoms with Gasteiger partial charge in [0.05, 0.1) is 24.3 Å². The predicted molar refractivity (Wildman–Crippen MR) is 117 cm³/mol. The van der Waals surface area contributed by atoms with Crippen LogP contribution in [0.1, 0.15) is 0 Å². The zero-order chi connectivity index (χ0) is 20.5. The number of aromatic amines is 1. The maximum absolute atomic E-state index is 12.5. The van der Waals surface area contributed by atoms with Crippen LogP contribution in [0.4, 0.5) is 17.2 Å². The number of ether oxygens (including phenoxy) is 1. The van der Waals surface area contributed by atoms with Crippen LogP contribution >= 0.6 is 0 Å². The Kier molecular flexibility index (Phi) is 4.68. The van der Waals surface area contributed by atoms with Gasteiger partial charge >= 0.3 is 0 Å². The van der Waals surface area contributed by atoms with Gasteiger partial charge in [0.25, 0.3) is 5.56 Å². The summed E-state index contributed by atoms with van der Waals surface area (Å²) in [5.41, 5.74) is 3.30. The third-order valence-corrected chi connectivity index (χ3v) is 5.24. The van der Waals surface area contributed by atoms with Crippen LogP contribution in [0.25, 0.3) is 22.2 Å². The van der Waals surface area contributed by atoms with Crippen molar-refractivity contribution in [3.05, 3.63) is 65.2 Å². The molecular formula is C22H22N6O2. The fourth-order valence-electron chi connectivity index (χ4n) is 3.70. The number of nitrogens with zero attached hydrogens (tertiary/aromatic N) is 4. The lowest BCUT2D eigenvalue weighted by Gasteiger charge is -2.28. The molecule has 0 saturated carbocycles. The number of aryl methyl sites for hydroxylation is 1. The Morgan fingerprint density at radius 3 is 2.60 bits per heavy atom. The molecule has 0 spiro atoms. The molecule has 8 nitrogen and oxygen atoms in total. The number of hydrogen-bond acceptors (Lipinski definition) is 6. The molecule has 5 rings (SSSR count). The van der Waals surface area contributed by atoms with E-state index in [4.69, 9.17) is 9.72 Å². The highest BCUT2D eigenvalue weighted by molar-refractivity contribution is 5.94. The quantitative estimate of drug-likeness (QED) is 0.546. The Morgan fingerprint density at radius 1 is 1.07 bits per heavy atom. The number of pyridine rings is 2. The number of benzene rings is 1. The number of aromatic nitrogens is 4. The van der Waals surface area contributed by atoms with E-state index in [-0.39, 0.29) is 5.56 Å². The lowest BCUT2D eigenvalue weighted by atomic mass is 10.1. The van der Waals surface area contributed by atoms with Gasteiger partial charge in [-0.05, 0) is 47.9 Å². The van der Waals surface area contributed by atoms with Gasteiger partial charge in [0.15, 0.2) is 0 Å². The highest BCUT2D eigenvalue weighted by Crippen LogP contribution is 2.28. The van der Waals surface area contributed by atoms with Gasteiger partial charge in [0.2, 0.25) is 0 Å². The van der Waals surface area contributed by atoms with Crippen LogP contribution in [-0.2, 0) is 11.8 Å². The molecule has 1 saturated heterocycles. The summed E-state index contributed by atoms with van der Waals surface area (Å²) < 4.78 is 7.16. The number of H-pyrrole nitrogens is 1. The second-order valence-corrected chi connectivity index (χ2v) is 7.27. The molecule has 0 atom stereocenters. The number of morpholine rings is 1. The van der Waals surface area contributed by atoms with E-state index in [1.165, 1.54) is 0 Å². The standard InChI is InChI=1S/C22H22N6O2/c1-27-9-7-18(26-27)19-14-15-6-8-23-22(29)20(15)21(25-19)24-16-2-4-17(5-3-16)28-10-12-30-13-11-28/h2-9,14H,10-13H2,1H3,(H,23,29)(H,24,25). The van der Waals surface area contributed by atoms with Gasteiger partial charge in [-0.2, -0.15) is 5.10 Å². The zero-order valence-corrected chi connectivity index (χ0v) is 16.6. The van der Waals surface area contributed by atoms with Gasteiger partial charge in [-0.1, -0.05) is 0 Å². The molecule has 0 amide bonds. The van der Waals surface area contributed by atoms with E-state index >= 15 is 0 Å². The number of hydrogen-bond donors (Lipinski definition) is 2. The first-order valence-electron chi connectivity index (χ1n) is 9.90. The van der Waals surface area contributed by atoms with E-state index in [9.17, 15) is 4.79 Å². The van der Waals surface area contributed by atoms with Crippen LogP contribution in [0.15, 0.2) is 59.7 Å². The van der Waals surface area contributed by atoms with Crippen LogP contribution < -0.4 is 15.8 Å². The molecule has 1 aliphatic rings. The summed E-state index contributed by atoms with van der Waals surface area (Å²) in [6, 6.07) is 13.8. The minimum Gasteiger partial charge on any atom is -0.378 e. The number of nitrogens with one attached hydrogen (secondary N) is 2. The second-order valence-electron chi connectivity index (χ2n) is 7.27. The lowest BCUT2D eigenvalue weighted by Crippen LogP contribution is -2.36. The fraction of sp³-hybridized carbons (Fsp3) is 0.227. The van der Waals surface area contributed by atoms with E-state index in [1.807, 2.05) is 43.6 Å². The van der Waals surface area contributed by atoms with Crippen molar-refractivity contribution >= 4 is 28.0 Å².